The van der Waals surface area contributed by atoms with Crippen molar-refractivity contribution in [1.29, 1.82) is 0 Å². The Bertz CT molecular complexity index is 629. The highest BCUT2D eigenvalue weighted by Crippen LogP contribution is 2.31. The first kappa shape index (κ1) is 15.0. The van der Waals surface area contributed by atoms with Crippen LogP contribution in [0.3, 0.4) is 0 Å². The van der Waals surface area contributed by atoms with Gasteiger partial charge >= 0.3 is 0 Å². The number of likely N-dealkylation sites (tertiary alicyclic amines) is 1. The van der Waals surface area contributed by atoms with Gasteiger partial charge in [0.15, 0.2) is 5.15 Å². The average molecular weight is 320 g/mol. The summed E-state index contributed by atoms with van der Waals surface area (Å²) in [6, 6.07) is 5.75. The number of halogens is 1. The summed E-state index contributed by atoms with van der Waals surface area (Å²) in [5.41, 5.74) is 1.11. The molecule has 0 saturated carbocycles. The van der Waals surface area contributed by atoms with E-state index < -0.39 is 0 Å². The van der Waals surface area contributed by atoms with Gasteiger partial charge in [-0.15, -0.1) is 0 Å². The van der Waals surface area contributed by atoms with Gasteiger partial charge in [-0.1, -0.05) is 22.8 Å². The molecule has 1 saturated heterocycles. The van der Waals surface area contributed by atoms with Crippen molar-refractivity contribution in [2.75, 3.05) is 6.54 Å². The van der Waals surface area contributed by atoms with Crippen LogP contribution in [0.1, 0.15) is 43.0 Å². The molecule has 0 radical (unpaired) electrons. The largest absolute Gasteiger partial charge is 0.360 e. The molecule has 1 aliphatic rings. The van der Waals surface area contributed by atoms with E-state index in [1.165, 1.54) is 0 Å². The quantitative estimate of drug-likeness (QED) is 0.866. The van der Waals surface area contributed by atoms with Crippen molar-refractivity contribution >= 4 is 17.5 Å². The Labute approximate surface area is 134 Å². The van der Waals surface area contributed by atoms with Crippen LogP contribution in [0.5, 0.6) is 0 Å². The van der Waals surface area contributed by atoms with Gasteiger partial charge in [-0.3, -0.25) is 9.78 Å². The van der Waals surface area contributed by atoms with Crippen LogP contribution in [-0.2, 0) is 11.2 Å². The topological polar surface area (TPSA) is 59.2 Å². The summed E-state index contributed by atoms with van der Waals surface area (Å²) >= 11 is 5.72. The molecular formula is C16H18ClN3O2. The lowest BCUT2D eigenvalue weighted by Crippen LogP contribution is -2.38. The summed E-state index contributed by atoms with van der Waals surface area (Å²) in [6.45, 7) is 0.801. The number of hydrogen-bond acceptors (Lipinski definition) is 4. The van der Waals surface area contributed by atoms with Gasteiger partial charge < -0.3 is 9.42 Å². The second-order valence-electron chi connectivity index (χ2n) is 5.50. The molecule has 1 amide bonds. The number of amides is 1. The second kappa shape index (κ2) is 6.92. The Hall–Kier alpha value is -1.88. The van der Waals surface area contributed by atoms with Crippen LogP contribution in [0, 0.1) is 0 Å². The number of aryl methyl sites for hydroxylation is 1. The highest BCUT2D eigenvalue weighted by molar-refractivity contribution is 6.29. The van der Waals surface area contributed by atoms with Crippen molar-refractivity contribution in [2.24, 2.45) is 0 Å². The number of aromatic nitrogens is 2. The average Bonchev–Trinajstić information content (AvgIpc) is 2.99. The van der Waals surface area contributed by atoms with Crippen molar-refractivity contribution in [3.05, 3.63) is 47.1 Å². The fourth-order valence-corrected chi connectivity index (χ4v) is 3.09. The first-order chi connectivity index (χ1) is 10.7. The van der Waals surface area contributed by atoms with Crippen LogP contribution in [0.15, 0.2) is 35.1 Å². The van der Waals surface area contributed by atoms with Gasteiger partial charge in [-0.05, 0) is 30.9 Å². The predicted molar refractivity (Wildman–Crippen MR) is 82.4 cm³/mol. The van der Waals surface area contributed by atoms with E-state index in [2.05, 4.69) is 10.1 Å². The third-order valence-electron chi connectivity index (χ3n) is 4.01. The minimum Gasteiger partial charge on any atom is -0.360 e. The number of piperidine rings is 1. The van der Waals surface area contributed by atoms with Crippen molar-refractivity contribution in [2.45, 2.75) is 38.1 Å². The number of carbonyl (C=O) groups excluding carboxylic acids is 1. The third-order valence-corrected chi connectivity index (χ3v) is 4.19. The highest BCUT2D eigenvalue weighted by Gasteiger charge is 2.27. The molecule has 1 fully saturated rings. The lowest BCUT2D eigenvalue weighted by atomic mass is 9.96. The van der Waals surface area contributed by atoms with Gasteiger partial charge in [0.1, 0.15) is 5.76 Å². The summed E-state index contributed by atoms with van der Waals surface area (Å²) in [7, 11) is 0. The fourth-order valence-electron chi connectivity index (χ4n) is 2.93. The summed E-state index contributed by atoms with van der Waals surface area (Å²) in [4.78, 5) is 18.7. The van der Waals surface area contributed by atoms with E-state index >= 15 is 0 Å². The molecule has 2 aromatic heterocycles. The Morgan fingerprint density at radius 1 is 1.45 bits per heavy atom. The first-order valence-electron chi connectivity index (χ1n) is 7.54. The zero-order valence-corrected chi connectivity index (χ0v) is 13.0. The van der Waals surface area contributed by atoms with E-state index in [4.69, 9.17) is 16.1 Å². The zero-order chi connectivity index (χ0) is 15.4. The summed E-state index contributed by atoms with van der Waals surface area (Å²) in [6.07, 6.45) is 7.72. The number of nitrogens with zero attached hydrogens (tertiary/aromatic N) is 3. The summed E-state index contributed by atoms with van der Waals surface area (Å²) in [5.74, 6) is 0.786. The Kier molecular flexibility index (Phi) is 4.73. The van der Waals surface area contributed by atoms with Gasteiger partial charge in [-0.2, -0.15) is 0 Å². The van der Waals surface area contributed by atoms with Gasteiger partial charge in [0.05, 0.1) is 6.04 Å². The van der Waals surface area contributed by atoms with E-state index in [0.717, 1.165) is 31.4 Å². The molecule has 3 heterocycles. The van der Waals surface area contributed by atoms with E-state index in [1.807, 2.05) is 23.2 Å². The first-order valence-corrected chi connectivity index (χ1v) is 7.92. The molecule has 3 rings (SSSR count). The van der Waals surface area contributed by atoms with Crippen molar-refractivity contribution in [3.63, 3.8) is 0 Å². The molecular weight excluding hydrogens is 302 g/mol. The molecule has 0 aromatic carbocycles. The molecule has 6 heteroatoms. The Morgan fingerprint density at radius 3 is 3.09 bits per heavy atom. The fraction of sp³-hybridized carbons (Fsp3) is 0.438. The van der Waals surface area contributed by atoms with E-state index in [1.54, 1.807) is 12.3 Å². The van der Waals surface area contributed by atoms with Crippen molar-refractivity contribution < 1.29 is 9.32 Å². The van der Waals surface area contributed by atoms with E-state index in [-0.39, 0.29) is 11.9 Å². The monoisotopic (exact) mass is 319 g/mol. The molecule has 2 aromatic rings. The molecule has 0 aliphatic carbocycles. The number of carbonyl (C=O) groups is 1. The second-order valence-corrected chi connectivity index (χ2v) is 5.89. The molecule has 0 unspecified atom stereocenters. The standard InChI is InChI=1S/C16H18ClN3O2/c17-15-10-13(22-19-15)6-7-16(21)20-9-2-1-5-14(20)12-4-3-8-18-11-12/h3-4,8,10-11,14H,1-2,5-7,9H2/t14-/m1/s1. The minimum atomic E-state index is 0.133. The third kappa shape index (κ3) is 3.47. The molecule has 0 bridgehead atoms. The van der Waals surface area contributed by atoms with Crippen molar-refractivity contribution in [1.82, 2.24) is 15.0 Å². The van der Waals surface area contributed by atoms with Gasteiger partial charge in [0.2, 0.25) is 5.91 Å². The van der Waals surface area contributed by atoms with Crippen LogP contribution in [0.4, 0.5) is 0 Å². The number of hydrogen-bond donors (Lipinski definition) is 0. The lowest BCUT2D eigenvalue weighted by Gasteiger charge is -2.36. The van der Waals surface area contributed by atoms with Gasteiger partial charge in [0.25, 0.3) is 0 Å². The number of pyridine rings is 1. The maximum absolute atomic E-state index is 12.6. The lowest BCUT2D eigenvalue weighted by molar-refractivity contribution is -0.135. The smallest absolute Gasteiger partial charge is 0.223 e. The van der Waals surface area contributed by atoms with Crippen molar-refractivity contribution in [3.8, 4) is 0 Å². The van der Waals surface area contributed by atoms with Gasteiger partial charge in [0, 0.05) is 37.8 Å². The summed E-state index contributed by atoms with van der Waals surface area (Å²) in [5, 5.41) is 3.95. The Balaban J connectivity index is 1.66. The number of rotatable bonds is 4. The van der Waals surface area contributed by atoms with Crippen LogP contribution < -0.4 is 0 Å². The molecule has 1 atom stereocenters. The van der Waals surface area contributed by atoms with Crippen LogP contribution in [-0.4, -0.2) is 27.5 Å². The van der Waals surface area contributed by atoms with E-state index in [9.17, 15) is 4.79 Å². The molecule has 0 N–H and O–H groups in total. The Morgan fingerprint density at radius 2 is 2.36 bits per heavy atom. The maximum Gasteiger partial charge on any atom is 0.223 e. The SMILES string of the molecule is O=C(CCc1cc(Cl)no1)N1CCCC[C@@H]1c1cccnc1. The summed E-state index contributed by atoms with van der Waals surface area (Å²) < 4.78 is 5.05. The van der Waals surface area contributed by atoms with Crippen LogP contribution >= 0.6 is 11.6 Å². The molecule has 5 nitrogen and oxygen atoms in total. The molecule has 22 heavy (non-hydrogen) atoms. The highest BCUT2D eigenvalue weighted by atomic mass is 35.5. The zero-order valence-electron chi connectivity index (χ0n) is 12.2. The normalized spacial score (nSPS) is 18.4. The van der Waals surface area contributed by atoms with E-state index in [0.29, 0.717) is 23.8 Å². The molecule has 1 aliphatic heterocycles. The predicted octanol–water partition coefficient (Wildman–Crippen LogP) is 3.41. The van der Waals surface area contributed by atoms with Crippen LogP contribution in [0.25, 0.3) is 0 Å². The maximum atomic E-state index is 12.6. The molecule has 116 valence electrons. The molecule has 0 spiro atoms. The van der Waals surface area contributed by atoms with Gasteiger partial charge in [-0.25, -0.2) is 0 Å². The minimum absolute atomic E-state index is 0.133. The van der Waals surface area contributed by atoms with Crippen LogP contribution in [0.2, 0.25) is 5.15 Å².